The van der Waals surface area contributed by atoms with Crippen molar-refractivity contribution < 1.29 is 32.3 Å². The number of hydrogen-bond donors (Lipinski definition) is 1. The lowest BCUT2D eigenvalue weighted by Gasteiger charge is -2.10. The molecule has 3 aromatic rings. The minimum absolute atomic E-state index is 0.00675. The summed E-state index contributed by atoms with van der Waals surface area (Å²) in [7, 11) is 0. The van der Waals surface area contributed by atoms with Gasteiger partial charge >= 0.3 is 6.18 Å². The Bertz CT molecular complexity index is 1240. The van der Waals surface area contributed by atoms with Gasteiger partial charge in [-0.1, -0.05) is 42.5 Å². The average molecular weight is 451 g/mol. The summed E-state index contributed by atoms with van der Waals surface area (Å²) < 4.78 is 43.7. The summed E-state index contributed by atoms with van der Waals surface area (Å²) in [6.07, 6.45) is -3.01. The number of alkyl halides is 3. The molecule has 1 N–H and O–H groups in total. The fourth-order valence-corrected chi connectivity index (χ4v) is 3.35. The summed E-state index contributed by atoms with van der Waals surface area (Å²) in [5.41, 5.74) is 0.562. The monoisotopic (exact) mass is 451 g/mol. The lowest BCUT2D eigenvalue weighted by molar-refractivity contribution is -0.137. The van der Waals surface area contributed by atoms with Gasteiger partial charge in [0, 0.05) is 16.8 Å². The number of nitrogens with one attached hydrogen (secondary N) is 1. The first-order valence-electron chi connectivity index (χ1n) is 9.82. The van der Waals surface area contributed by atoms with E-state index in [1.165, 1.54) is 18.2 Å². The first-order valence-corrected chi connectivity index (χ1v) is 9.82. The molecule has 0 unspecified atom stereocenters. The van der Waals surface area contributed by atoms with Gasteiger partial charge in [-0.25, -0.2) is 0 Å². The van der Waals surface area contributed by atoms with Crippen LogP contribution in [0, 0.1) is 0 Å². The van der Waals surface area contributed by atoms with Crippen LogP contribution in [0.5, 0.6) is 5.75 Å². The number of allylic oxidation sites excluding steroid dienone is 1. The van der Waals surface area contributed by atoms with E-state index in [9.17, 15) is 27.6 Å². The van der Waals surface area contributed by atoms with Gasteiger partial charge in [-0.15, -0.1) is 0 Å². The van der Waals surface area contributed by atoms with E-state index in [4.69, 9.17) is 4.74 Å². The fourth-order valence-electron chi connectivity index (χ4n) is 3.35. The maximum Gasteiger partial charge on any atom is 0.416 e. The third-order valence-electron chi connectivity index (χ3n) is 4.94. The Morgan fingerprint density at radius 2 is 1.52 bits per heavy atom. The number of rotatable bonds is 5. The second-order valence-electron chi connectivity index (χ2n) is 7.25. The number of halogens is 3. The molecule has 0 saturated carbocycles. The van der Waals surface area contributed by atoms with Gasteiger partial charge in [-0.2, -0.15) is 13.2 Å². The van der Waals surface area contributed by atoms with E-state index in [1.54, 1.807) is 48.5 Å². The molecule has 0 radical (unpaired) electrons. The van der Waals surface area contributed by atoms with Gasteiger partial charge in [0.2, 0.25) is 0 Å². The molecule has 0 heterocycles. The lowest BCUT2D eigenvalue weighted by Crippen LogP contribution is -2.20. The van der Waals surface area contributed by atoms with Gasteiger partial charge in [0.15, 0.2) is 18.2 Å². The number of Topliss-reactive ketones (excluding diaryl/α,β-unsaturated/α-hetero) is 2. The van der Waals surface area contributed by atoms with Gasteiger partial charge in [-0.3, -0.25) is 14.4 Å². The van der Waals surface area contributed by atoms with Crippen molar-refractivity contribution in [3.8, 4) is 5.75 Å². The van der Waals surface area contributed by atoms with Crippen LogP contribution in [0.2, 0.25) is 0 Å². The molecule has 0 spiro atoms. The van der Waals surface area contributed by atoms with Crippen LogP contribution in [0.25, 0.3) is 6.08 Å². The average Bonchev–Trinajstić information content (AvgIpc) is 3.03. The summed E-state index contributed by atoms with van der Waals surface area (Å²) >= 11 is 0. The molecule has 33 heavy (non-hydrogen) atoms. The van der Waals surface area contributed by atoms with Crippen LogP contribution in [0.4, 0.5) is 18.9 Å². The molecular weight excluding hydrogens is 435 g/mol. The highest BCUT2D eigenvalue weighted by molar-refractivity contribution is 6.41. The van der Waals surface area contributed by atoms with Gasteiger partial charge in [0.05, 0.1) is 11.1 Å². The lowest BCUT2D eigenvalue weighted by atomic mass is 10.1. The molecular formula is C25H16F3NO4. The van der Waals surface area contributed by atoms with E-state index in [1.807, 2.05) is 0 Å². The zero-order chi connectivity index (χ0) is 23.6. The van der Waals surface area contributed by atoms with Gasteiger partial charge in [0.25, 0.3) is 5.91 Å². The number of ketones is 2. The molecule has 0 fully saturated rings. The molecule has 0 atom stereocenters. The number of anilines is 1. The first kappa shape index (κ1) is 22.0. The summed E-state index contributed by atoms with van der Waals surface area (Å²) in [4.78, 5) is 36.9. The number of carbonyl (C=O) groups excluding carboxylic acids is 3. The van der Waals surface area contributed by atoms with Crippen LogP contribution in [-0.2, 0) is 11.0 Å². The van der Waals surface area contributed by atoms with Crippen LogP contribution in [0.3, 0.4) is 0 Å². The predicted octanol–water partition coefficient (Wildman–Crippen LogP) is 5.19. The van der Waals surface area contributed by atoms with E-state index in [-0.39, 0.29) is 22.8 Å². The Balaban J connectivity index is 1.37. The Hall–Kier alpha value is -4.20. The molecule has 1 aliphatic rings. The molecule has 8 heteroatoms. The predicted molar refractivity (Wildman–Crippen MR) is 115 cm³/mol. The highest BCUT2D eigenvalue weighted by atomic mass is 19.4. The minimum atomic E-state index is -4.51. The van der Waals surface area contributed by atoms with Crippen LogP contribution < -0.4 is 10.1 Å². The van der Waals surface area contributed by atoms with Crippen molar-refractivity contribution >= 4 is 29.2 Å². The number of fused-ring (bicyclic) bond motifs is 1. The Morgan fingerprint density at radius 3 is 2.12 bits per heavy atom. The van der Waals surface area contributed by atoms with E-state index in [2.05, 4.69) is 5.32 Å². The largest absolute Gasteiger partial charge is 0.484 e. The molecule has 166 valence electrons. The van der Waals surface area contributed by atoms with Gasteiger partial charge in [0.1, 0.15) is 5.75 Å². The molecule has 0 bridgehead atoms. The van der Waals surface area contributed by atoms with Crippen molar-refractivity contribution in [3.05, 3.63) is 101 Å². The van der Waals surface area contributed by atoms with Crippen molar-refractivity contribution in [2.24, 2.45) is 0 Å². The molecule has 4 rings (SSSR count). The van der Waals surface area contributed by atoms with E-state index < -0.39 is 24.3 Å². The third-order valence-corrected chi connectivity index (χ3v) is 4.94. The second kappa shape index (κ2) is 8.74. The van der Waals surface area contributed by atoms with Crippen LogP contribution in [0.1, 0.15) is 31.8 Å². The third kappa shape index (κ3) is 4.85. The smallest absolute Gasteiger partial charge is 0.416 e. The fraction of sp³-hybridized carbons (Fsp3) is 0.0800. The topological polar surface area (TPSA) is 72.5 Å². The zero-order valence-corrected chi connectivity index (χ0v) is 17.0. The summed E-state index contributed by atoms with van der Waals surface area (Å²) in [5.74, 6) is -0.950. The normalized spacial score (nSPS) is 13.0. The molecule has 0 aromatic heterocycles. The molecule has 0 saturated heterocycles. The van der Waals surface area contributed by atoms with Crippen LogP contribution in [0.15, 0.2) is 78.4 Å². The standard InChI is InChI=1S/C25H16F3NO4/c26-25(27,28)16-4-3-5-17(13-16)29-22(30)14-33-18-10-8-15(9-11-18)12-21-23(31)19-6-1-2-7-20(19)24(21)32/h1-13H,14H2,(H,29,30). The summed E-state index contributed by atoms with van der Waals surface area (Å²) in [6, 6.07) is 17.3. The summed E-state index contributed by atoms with van der Waals surface area (Å²) in [5, 5.41) is 2.35. The summed E-state index contributed by atoms with van der Waals surface area (Å²) in [6.45, 7) is -0.414. The number of ether oxygens (including phenoxy) is 1. The number of benzene rings is 3. The van der Waals surface area contributed by atoms with Crippen LogP contribution >= 0.6 is 0 Å². The first-order chi connectivity index (χ1) is 15.7. The van der Waals surface area contributed by atoms with Gasteiger partial charge in [-0.05, 0) is 42.0 Å². The maximum atomic E-state index is 12.8. The van der Waals surface area contributed by atoms with Crippen molar-refractivity contribution in [3.63, 3.8) is 0 Å². The number of amides is 1. The molecule has 0 aliphatic heterocycles. The van der Waals surface area contributed by atoms with E-state index >= 15 is 0 Å². The highest BCUT2D eigenvalue weighted by Gasteiger charge is 2.32. The molecule has 1 aliphatic carbocycles. The van der Waals surface area contributed by atoms with Crippen molar-refractivity contribution in [1.29, 1.82) is 0 Å². The van der Waals surface area contributed by atoms with E-state index in [0.717, 1.165) is 12.1 Å². The Kier molecular flexibility index (Phi) is 5.83. The number of carbonyl (C=O) groups is 3. The molecule has 3 aromatic carbocycles. The van der Waals surface area contributed by atoms with Crippen molar-refractivity contribution in [1.82, 2.24) is 0 Å². The second-order valence-corrected chi connectivity index (χ2v) is 7.25. The highest BCUT2D eigenvalue weighted by Crippen LogP contribution is 2.31. The van der Waals surface area contributed by atoms with E-state index in [0.29, 0.717) is 22.4 Å². The maximum absolute atomic E-state index is 12.8. The van der Waals surface area contributed by atoms with Crippen molar-refractivity contribution in [2.75, 3.05) is 11.9 Å². The molecule has 5 nitrogen and oxygen atoms in total. The molecule has 1 amide bonds. The van der Waals surface area contributed by atoms with Crippen LogP contribution in [-0.4, -0.2) is 24.1 Å². The Morgan fingerprint density at radius 1 is 0.879 bits per heavy atom. The van der Waals surface area contributed by atoms with Crippen molar-refractivity contribution in [2.45, 2.75) is 6.18 Å². The Labute approximate surface area is 186 Å². The minimum Gasteiger partial charge on any atom is -0.484 e. The SMILES string of the molecule is O=C(COc1ccc(C=C2C(=O)c3ccccc3C2=O)cc1)Nc1cccc(C(F)(F)F)c1. The number of hydrogen-bond acceptors (Lipinski definition) is 4. The quantitative estimate of drug-likeness (QED) is 0.428. The zero-order valence-electron chi connectivity index (χ0n) is 17.0. The van der Waals surface area contributed by atoms with Gasteiger partial charge < -0.3 is 10.1 Å².